The third-order valence-electron chi connectivity index (χ3n) is 7.72. The molecule has 3 aromatic rings. The minimum Gasteiger partial charge on any atom is -0.391 e. The zero-order chi connectivity index (χ0) is 24.7. The fourth-order valence-electron chi connectivity index (χ4n) is 5.81. The Balaban J connectivity index is 1.71. The number of anilines is 1. The van der Waals surface area contributed by atoms with Crippen LogP contribution in [-0.4, -0.2) is 43.3 Å². The molecule has 0 radical (unpaired) electrons. The largest absolute Gasteiger partial charge is 0.391 e. The van der Waals surface area contributed by atoms with Gasteiger partial charge in [0, 0.05) is 43.2 Å². The molecule has 8 heteroatoms. The van der Waals surface area contributed by atoms with E-state index in [1.807, 2.05) is 6.07 Å². The number of pyridine rings is 2. The summed E-state index contributed by atoms with van der Waals surface area (Å²) in [5.41, 5.74) is 3.42. The summed E-state index contributed by atoms with van der Waals surface area (Å²) in [5, 5.41) is 20.8. The molecule has 1 aliphatic heterocycles. The van der Waals surface area contributed by atoms with Crippen molar-refractivity contribution in [1.82, 2.24) is 19.5 Å². The van der Waals surface area contributed by atoms with Crippen molar-refractivity contribution in [2.24, 2.45) is 17.8 Å². The summed E-state index contributed by atoms with van der Waals surface area (Å²) in [7, 11) is 0. The van der Waals surface area contributed by atoms with Gasteiger partial charge in [0.05, 0.1) is 27.9 Å². The highest BCUT2D eigenvalue weighted by molar-refractivity contribution is 6.30. The molecule has 0 amide bonds. The lowest BCUT2D eigenvalue weighted by Gasteiger charge is -2.31. The molecule has 1 saturated heterocycles. The maximum atomic E-state index is 10.6. The number of fused-ring (bicyclic) bond motifs is 1. The van der Waals surface area contributed by atoms with E-state index in [-0.39, 0.29) is 12.1 Å². The van der Waals surface area contributed by atoms with Gasteiger partial charge in [-0.15, -0.1) is 0 Å². The molecule has 4 heterocycles. The van der Waals surface area contributed by atoms with Crippen molar-refractivity contribution in [2.45, 2.75) is 71.6 Å². The van der Waals surface area contributed by atoms with Crippen LogP contribution in [0.15, 0.2) is 24.5 Å². The van der Waals surface area contributed by atoms with Crippen LogP contribution in [0.5, 0.6) is 0 Å². The number of aromatic nitrogens is 4. The van der Waals surface area contributed by atoms with E-state index < -0.39 is 0 Å². The van der Waals surface area contributed by atoms with Crippen molar-refractivity contribution in [1.29, 1.82) is 5.26 Å². The molecular weight excluding hydrogens is 460 g/mol. The molecule has 2 atom stereocenters. The van der Waals surface area contributed by atoms with E-state index in [1.54, 1.807) is 18.5 Å². The monoisotopic (exact) mass is 492 g/mol. The molecule has 35 heavy (non-hydrogen) atoms. The molecule has 3 aromatic heterocycles. The Hall–Kier alpha value is -2.69. The number of halogens is 1. The summed E-state index contributed by atoms with van der Waals surface area (Å²) in [6.45, 7) is 8.13. The average Bonchev–Trinajstić information content (AvgIpc) is 3.40. The number of imidazole rings is 1. The molecule has 1 saturated carbocycles. The van der Waals surface area contributed by atoms with Crippen LogP contribution in [-0.2, 0) is 6.54 Å². The molecule has 5 rings (SSSR count). The van der Waals surface area contributed by atoms with Gasteiger partial charge >= 0.3 is 0 Å². The molecule has 1 aliphatic carbocycles. The zero-order valence-electron chi connectivity index (χ0n) is 20.7. The summed E-state index contributed by atoms with van der Waals surface area (Å²) in [6.07, 6.45) is 8.55. The van der Waals surface area contributed by atoms with Crippen molar-refractivity contribution in [2.75, 3.05) is 11.4 Å². The standard InChI is InChI=1S/C27H33ClN6O/c1-16(2)24-10-22(35)15-33(24)27-32-23-9-21(11-29)31-25(19-8-20(28)13-30-12-19)26(23)34(27)14-18-6-4-17(3)5-7-18/h8-9,12-13,16-18,22,24,35H,4-7,10,14-15H2,1-3H3/t17?,18?,22-,24+/m1/s1. The number of nitriles is 1. The SMILES string of the molecule is CC1CCC(Cn2c(N3C[C@H](O)C[C@H]3C(C)C)nc3cc(C#N)nc(-c4cncc(Cl)c4)c32)CC1. The first kappa shape index (κ1) is 24.0. The number of nitrogens with zero attached hydrogens (tertiary/aromatic N) is 6. The summed E-state index contributed by atoms with van der Waals surface area (Å²) >= 11 is 6.29. The highest BCUT2D eigenvalue weighted by atomic mass is 35.5. The first-order chi connectivity index (χ1) is 16.8. The van der Waals surface area contributed by atoms with Gasteiger partial charge in [-0.1, -0.05) is 45.2 Å². The predicted octanol–water partition coefficient (Wildman–Crippen LogP) is 5.44. The second kappa shape index (κ2) is 9.75. The molecule has 7 nitrogen and oxygen atoms in total. The smallest absolute Gasteiger partial charge is 0.206 e. The third kappa shape index (κ3) is 4.74. The van der Waals surface area contributed by atoms with E-state index in [2.05, 4.69) is 41.3 Å². The van der Waals surface area contributed by atoms with Crippen molar-refractivity contribution < 1.29 is 5.11 Å². The first-order valence-electron chi connectivity index (χ1n) is 12.7. The van der Waals surface area contributed by atoms with Crippen LogP contribution in [0.4, 0.5) is 5.95 Å². The summed E-state index contributed by atoms with van der Waals surface area (Å²) in [5.74, 6) is 2.56. The highest BCUT2D eigenvalue weighted by Gasteiger charge is 2.37. The number of hydrogen-bond donors (Lipinski definition) is 1. The van der Waals surface area contributed by atoms with Gasteiger partial charge in [-0.05, 0) is 43.1 Å². The molecule has 0 unspecified atom stereocenters. The first-order valence-corrected chi connectivity index (χ1v) is 13.1. The number of aliphatic hydroxyl groups excluding tert-OH is 1. The van der Waals surface area contributed by atoms with Crippen LogP contribution >= 0.6 is 11.6 Å². The number of rotatable bonds is 5. The molecule has 0 bridgehead atoms. The van der Waals surface area contributed by atoms with Crippen molar-refractivity contribution in [3.05, 3.63) is 35.2 Å². The van der Waals surface area contributed by atoms with Gasteiger partial charge in [0.2, 0.25) is 5.95 Å². The quantitative estimate of drug-likeness (QED) is 0.510. The Morgan fingerprint density at radius 2 is 1.94 bits per heavy atom. The maximum absolute atomic E-state index is 10.6. The number of hydrogen-bond acceptors (Lipinski definition) is 6. The van der Waals surface area contributed by atoms with E-state index in [4.69, 9.17) is 21.6 Å². The van der Waals surface area contributed by atoms with Crippen LogP contribution < -0.4 is 4.90 Å². The predicted molar refractivity (Wildman–Crippen MR) is 138 cm³/mol. The third-order valence-corrected chi connectivity index (χ3v) is 7.93. The van der Waals surface area contributed by atoms with Crippen LogP contribution in [0.2, 0.25) is 5.02 Å². The number of aliphatic hydroxyl groups is 1. The van der Waals surface area contributed by atoms with Crippen LogP contribution in [0.3, 0.4) is 0 Å². The van der Waals surface area contributed by atoms with Gasteiger partial charge < -0.3 is 14.6 Å². The van der Waals surface area contributed by atoms with Crippen molar-refractivity contribution >= 4 is 28.6 Å². The average molecular weight is 493 g/mol. The van der Waals surface area contributed by atoms with Gasteiger partial charge in [0.15, 0.2) is 0 Å². The topological polar surface area (TPSA) is 90.9 Å². The Kier molecular flexibility index (Phi) is 6.69. The van der Waals surface area contributed by atoms with Crippen molar-refractivity contribution in [3.63, 3.8) is 0 Å². The van der Waals surface area contributed by atoms with Crippen LogP contribution in [0, 0.1) is 29.1 Å². The minimum absolute atomic E-state index is 0.201. The zero-order valence-corrected chi connectivity index (χ0v) is 21.4. The van der Waals surface area contributed by atoms with E-state index in [1.165, 1.54) is 25.7 Å². The fraction of sp³-hybridized carbons (Fsp3) is 0.556. The van der Waals surface area contributed by atoms with Crippen LogP contribution in [0.1, 0.15) is 58.6 Å². The molecule has 2 fully saturated rings. The van der Waals surface area contributed by atoms with Gasteiger partial charge in [-0.2, -0.15) is 5.26 Å². The van der Waals surface area contributed by atoms with Crippen LogP contribution in [0.25, 0.3) is 22.3 Å². The molecule has 0 aromatic carbocycles. The maximum Gasteiger partial charge on any atom is 0.206 e. The van der Waals surface area contributed by atoms with E-state index >= 15 is 0 Å². The molecule has 1 N–H and O–H groups in total. The summed E-state index contributed by atoms with van der Waals surface area (Å²) in [4.78, 5) is 16.4. The lowest BCUT2D eigenvalue weighted by atomic mass is 9.83. The summed E-state index contributed by atoms with van der Waals surface area (Å²) in [6, 6.07) is 6.01. The Bertz CT molecular complexity index is 1260. The van der Waals surface area contributed by atoms with Crippen molar-refractivity contribution in [3.8, 4) is 17.3 Å². The highest BCUT2D eigenvalue weighted by Crippen LogP contribution is 2.38. The van der Waals surface area contributed by atoms with Gasteiger partial charge in [0.1, 0.15) is 11.8 Å². The van der Waals surface area contributed by atoms with E-state index in [0.717, 1.165) is 41.4 Å². The Labute approximate surface area is 211 Å². The molecular formula is C27H33ClN6O. The lowest BCUT2D eigenvalue weighted by molar-refractivity contribution is 0.191. The van der Waals surface area contributed by atoms with E-state index in [9.17, 15) is 10.4 Å². The van der Waals surface area contributed by atoms with Gasteiger partial charge in [0.25, 0.3) is 0 Å². The normalized spacial score (nSPS) is 24.9. The summed E-state index contributed by atoms with van der Waals surface area (Å²) < 4.78 is 2.30. The Morgan fingerprint density at radius 1 is 1.17 bits per heavy atom. The number of β-amino-alcohol motifs (C(OH)–C–C–N with tert-alkyl or cyclic N) is 1. The Morgan fingerprint density at radius 3 is 2.63 bits per heavy atom. The molecule has 0 spiro atoms. The molecule has 2 aliphatic rings. The second-order valence-electron chi connectivity index (χ2n) is 10.7. The van der Waals surface area contributed by atoms with E-state index in [0.29, 0.717) is 34.8 Å². The minimum atomic E-state index is -0.379. The lowest BCUT2D eigenvalue weighted by Crippen LogP contribution is -2.36. The second-order valence-corrected chi connectivity index (χ2v) is 11.2. The van der Waals surface area contributed by atoms with Gasteiger partial charge in [-0.3, -0.25) is 4.98 Å². The fourth-order valence-corrected chi connectivity index (χ4v) is 5.99. The molecule has 184 valence electrons. The van der Waals surface area contributed by atoms with Gasteiger partial charge in [-0.25, -0.2) is 9.97 Å².